The van der Waals surface area contributed by atoms with Crippen LogP contribution in [-0.4, -0.2) is 25.9 Å². The number of hydrogen-bond acceptors (Lipinski definition) is 4. The topological polar surface area (TPSA) is 88.2 Å². The highest BCUT2D eigenvalue weighted by Gasteiger charge is 2.32. The van der Waals surface area contributed by atoms with Gasteiger partial charge in [-0.2, -0.15) is 0 Å². The van der Waals surface area contributed by atoms with Gasteiger partial charge in [0, 0.05) is 42.0 Å². The van der Waals surface area contributed by atoms with Gasteiger partial charge in [-0.25, -0.2) is 13.1 Å². The van der Waals surface area contributed by atoms with Gasteiger partial charge in [0.2, 0.25) is 15.9 Å². The fourth-order valence-electron chi connectivity index (χ4n) is 4.03. The number of benzene rings is 1. The number of hydrogen-bond donors (Lipinski definition) is 2. The van der Waals surface area contributed by atoms with E-state index in [-0.39, 0.29) is 11.8 Å². The van der Waals surface area contributed by atoms with Crippen LogP contribution >= 0.6 is 0 Å². The molecule has 2 aliphatic carbocycles. The van der Waals surface area contributed by atoms with Crippen molar-refractivity contribution in [3.63, 3.8) is 0 Å². The largest absolute Gasteiger partial charge is 0.325 e. The summed E-state index contributed by atoms with van der Waals surface area (Å²) in [7, 11) is -3.66. The molecule has 28 heavy (non-hydrogen) atoms. The third-order valence-electron chi connectivity index (χ3n) is 5.48. The predicted molar refractivity (Wildman–Crippen MR) is 110 cm³/mol. The first kappa shape index (κ1) is 19.3. The molecule has 0 bridgehead atoms. The van der Waals surface area contributed by atoms with Crippen LogP contribution < -0.4 is 10.0 Å². The molecule has 0 spiro atoms. The third-order valence-corrected chi connectivity index (χ3v) is 7.03. The first-order valence-corrected chi connectivity index (χ1v) is 11.5. The van der Waals surface area contributed by atoms with E-state index in [1.807, 2.05) is 19.9 Å². The number of fused-ring (bicyclic) bond motifs is 2. The number of nitrogens with one attached hydrogen (secondary N) is 2. The Morgan fingerprint density at radius 2 is 1.93 bits per heavy atom. The number of carbonyl (C=O) groups excluding carboxylic acids is 1. The summed E-state index contributed by atoms with van der Waals surface area (Å²) in [6.07, 6.45) is 6.28. The molecule has 7 heteroatoms. The zero-order chi connectivity index (χ0) is 20.1. The minimum Gasteiger partial charge on any atom is -0.325 e. The Kier molecular flexibility index (Phi) is 4.91. The van der Waals surface area contributed by atoms with Gasteiger partial charge in [-0.15, -0.1) is 0 Å². The summed E-state index contributed by atoms with van der Waals surface area (Å²) in [6, 6.07) is 1.93. The molecule has 0 saturated heterocycles. The van der Waals surface area contributed by atoms with E-state index < -0.39 is 10.0 Å². The van der Waals surface area contributed by atoms with Gasteiger partial charge in [0.1, 0.15) is 0 Å². The number of nitrogens with zero attached hydrogens (tertiary/aromatic N) is 1. The van der Waals surface area contributed by atoms with Crippen molar-refractivity contribution in [2.45, 2.75) is 63.7 Å². The summed E-state index contributed by atoms with van der Waals surface area (Å²) < 4.78 is 29.4. The molecule has 150 valence electrons. The monoisotopic (exact) mass is 401 g/mol. The van der Waals surface area contributed by atoms with Crippen LogP contribution in [0.15, 0.2) is 17.2 Å². The molecule has 4 rings (SSSR count). The smallest absolute Gasteiger partial charge is 0.241 e. The first-order valence-electron chi connectivity index (χ1n) is 10.0. The van der Waals surface area contributed by atoms with Crippen LogP contribution in [0.1, 0.15) is 62.8 Å². The van der Waals surface area contributed by atoms with Gasteiger partial charge in [0.15, 0.2) is 0 Å². The molecule has 0 unspecified atom stereocenters. The van der Waals surface area contributed by atoms with Crippen molar-refractivity contribution in [3.8, 4) is 0 Å². The number of rotatable bonds is 6. The number of anilines is 1. The average Bonchev–Trinajstić information content (AvgIpc) is 3.37. The van der Waals surface area contributed by atoms with E-state index in [1.54, 1.807) is 6.20 Å². The minimum atomic E-state index is -3.66. The second-order valence-corrected chi connectivity index (χ2v) is 10.1. The van der Waals surface area contributed by atoms with Crippen molar-refractivity contribution in [3.05, 3.63) is 29.1 Å². The number of pyridine rings is 1. The lowest BCUT2D eigenvalue weighted by Crippen LogP contribution is -2.29. The fourth-order valence-corrected chi connectivity index (χ4v) is 5.74. The van der Waals surface area contributed by atoms with Gasteiger partial charge >= 0.3 is 0 Å². The van der Waals surface area contributed by atoms with E-state index in [4.69, 9.17) is 0 Å². The average molecular weight is 402 g/mol. The lowest BCUT2D eigenvalue weighted by molar-refractivity contribution is -0.114. The lowest BCUT2D eigenvalue weighted by Gasteiger charge is -2.20. The molecular formula is C21H27N3O3S. The quantitative estimate of drug-likeness (QED) is 0.775. The van der Waals surface area contributed by atoms with Gasteiger partial charge in [0.05, 0.1) is 10.6 Å². The summed E-state index contributed by atoms with van der Waals surface area (Å²) in [5, 5.41) is 4.34. The Morgan fingerprint density at radius 3 is 2.57 bits per heavy atom. The summed E-state index contributed by atoms with van der Waals surface area (Å²) in [5.41, 5.74) is 3.46. The van der Waals surface area contributed by atoms with Crippen molar-refractivity contribution in [2.24, 2.45) is 5.92 Å². The summed E-state index contributed by atoms with van der Waals surface area (Å²) in [4.78, 5) is 16.8. The highest BCUT2D eigenvalue weighted by molar-refractivity contribution is 7.89. The van der Waals surface area contributed by atoms with Crippen LogP contribution in [0.25, 0.3) is 10.8 Å². The van der Waals surface area contributed by atoms with Gasteiger partial charge in [-0.05, 0) is 55.2 Å². The summed E-state index contributed by atoms with van der Waals surface area (Å²) in [6.45, 7) is 5.85. The molecule has 1 amide bonds. The Labute approximate surface area is 166 Å². The Balaban J connectivity index is 1.99. The molecule has 2 aliphatic rings. The Bertz CT molecular complexity index is 1060. The number of amides is 1. The summed E-state index contributed by atoms with van der Waals surface area (Å²) >= 11 is 0. The highest BCUT2D eigenvalue weighted by atomic mass is 32.2. The van der Waals surface area contributed by atoms with Crippen LogP contribution in [0.3, 0.4) is 0 Å². The molecule has 2 N–H and O–H groups in total. The highest BCUT2D eigenvalue weighted by Crippen LogP contribution is 2.44. The maximum Gasteiger partial charge on any atom is 0.241 e. The van der Waals surface area contributed by atoms with E-state index in [2.05, 4.69) is 15.0 Å². The van der Waals surface area contributed by atoms with Gasteiger partial charge < -0.3 is 5.32 Å². The van der Waals surface area contributed by atoms with Gasteiger partial charge in [-0.3, -0.25) is 9.78 Å². The fraction of sp³-hybridized carbons (Fsp3) is 0.524. The summed E-state index contributed by atoms with van der Waals surface area (Å²) in [5.74, 6) is 0.479. The standard InChI is InChI=1S/C21H27N3O3S/c1-12(2)10-23-28(26,27)21-16-6-4-5-15(16)20(24-13(3)25)18-11-22-19(9-17(18)21)14-7-8-14/h9,11-12,14,23H,4-8,10H2,1-3H3,(H,24,25). The van der Waals surface area contributed by atoms with Crippen LogP contribution in [0.5, 0.6) is 0 Å². The second-order valence-electron chi connectivity index (χ2n) is 8.37. The zero-order valence-corrected chi connectivity index (χ0v) is 17.4. The van der Waals surface area contributed by atoms with Gasteiger partial charge in [-0.1, -0.05) is 13.8 Å². The van der Waals surface area contributed by atoms with E-state index in [0.29, 0.717) is 34.6 Å². The molecule has 1 aromatic heterocycles. The van der Waals surface area contributed by atoms with Crippen LogP contribution in [0, 0.1) is 5.92 Å². The normalized spacial score (nSPS) is 16.6. The third kappa shape index (κ3) is 3.53. The lowest BCUT2D eigenvalue weighted by atomic mass is 9.99. The molecular weight excluding hydrogens is 374 g/mol. The van der Waals surface area contributed by atoms with Crippen molar-refractivity contribution in [1.29, 1.82) is 0 Å². The molecule has 1 heterocycles. The van der Waals surface area contributed by atoms with E-state index in [1.165, 1.54) is 6.92 Å². The van der Waals surface area contributed by atoms with Gasteiger partial charge in [0.25, 0.3) is 0 Å². The van der Waals surface area contributed by atoms with Crippen molar-refractivity contribution < 1.29 is 13.2 Å². The van der Waals surface area contributed by atoms with E-state index in [0.717, 1.165) is 48.2 Å². The molecule has 1 aromatic carbocycles. The van der Waals surface area contributed by atoms with Crippen LogP contribution in [-0.2, 0) is 27.7 Å². The minimum absolute atomic E-state index is 0.157. The first-order chi connectivity index (χ1) is 13.3. The maximum atomic E-state index is 13.3. The number of carbonyl (C=O) groups is 1. The van der Waals surface area contributed by atoms with Crippen molar-refractivity contribution in [2.75, 3.05) is 11.9 Å². The van der Waals surface area contributed by atoms with E-state index in [9.17, 15) is 13.2 Å². The predicted octanol–water partition coefficient (Wildman–Crippen LogP) is 3.49. The molecule has 2 aromatic rings. The van der Waals surface area contributed by atoms with Crippen LogP contribution in [0.4, 0.5) is 5.69 Å². The molecule has 1 fully saturated rings. The number of aromatic nitrogens is 1. The van der Waals surface area contributed by atoms with Crippen LogP contribution in [0.2, 0.25) is 0 Å². The second kappa shape index (κ2) is 7.12. The molecule has 1 saturated carbocycles. The number of sulfonamides is 1. The zero-order valence-electron chi connectivity index (χ0n) is 16.6. The molecule has 0 aliphatic heterocycles. The Hall–Kier alpha value is -1.99. The Morgan fingerprint density at radius 1 is 1.21 bits per heavy atom. The maximum absolute atomic E-state index is 13.3. The molecule has 6 nitrogen and oxygen atoms in total. The van der Waals surface area contributed by atoms with E-state index >= 15 is 0 Å². The molecule has 0 radical (unpaired) electrons. The van der Waals surface area contributed by atoms with Crippen molar-refractivity contribution in [1.82, 2.24) is 9.71 Å². The SMILES string of the molecule is CC(=O)Nc1c2c(c(S(=O)(=O)NCC(C)C)c3cc(C4CC4)ncc13)CCC2. The van der Waals surface area contributed by atoms with Crippen molar-refractivity contribution >= 4 is 32.4 Å². The molecule has 0 atom stereocenters.